The maximum absolute atomic E-state index is 5.38. The van der Waals surface area contributed by atoms with Crippen molar-refractivity contribution >= 4 is 40.6 Å². The van der Waals surface area contributed by atoms with Gasteiger partial charge in [0.1, 0.15) is 5.75 Å². The summed E-state index contributed by atoms with van der Waals surface area (Å²) in [6.45, 7) is 5.46. The van der Waals surface area contributed by atoms with Crippen LogP contribution in [0.1, 0.15) is 39.0 Å². The molecule has 0 aliphatic carbocycles. The Morgan fingerprint density at radius 1 is 1.04 bits per heavy atom. The van der Waals surface area contributed by atoms with Gasteiger partial charge in [0.2, 0.25) is 0 Å². The Kier molecular flexibility index (Phi) is 10.7. The molecule has 0 saturated carbocycles. The SMILES string of the molecule is CCCNCCCCCCNc1cc(OC)cc2cccnc12.I. The number of pyridine rings is 1. The molecule has 2 aromatic rings. The van der Waals surface area contributed by atoms with E-state index in [0.29, 0.717) is 0 Å². The molecule has 0 fully saturated rings. The van der Waals surface area contributed by atoms with Crippen molar-refractivity contribution in [3.8, 4) is 5.75 Å². The number of benzene rings is 1. The number of fused-ring (bicyclic) bond motifs is 1. The highest BCUT2D eigenvalue weighted by Crippen LogP contribution is 2.27. The van der Waals surface area contributed by atoms with Crippen LogP contribution < -0.4 is 15.4 Å². The van der Waals surface area contributed by atoms with Gasteiger partial charge >= 0.3 is 0 Å². The molecule has 0 spiro atoms. The molecule has 0 amide bonds. The van der Waals surface area contributed by atoms with E-state index in [1.165, 1.54) is 32.1 Å². The lowest BCUT2D eigenvalue weighted by atomic mass is 10.1. The van der Waals surface area contributed by atoms with Crippen molar-refractivity contribution in [2.24, 2.45) is 0 Å². The van der Waals surface area contributed by atoms with Crippen LogP contribution in [0.25, 0.3) is 10.9 Å². The van der Waals surface area contributed by atoms with Crippen LogP contribution >= 0.6 is 24.0 Å². The number of aromatic nitrogens is 1. The minimum atomic E-state index is 0. The second-order valence-electron chi connectivity index (χ2n) is 5.84. The van der Waals surface area contributed by atoms with Gasteiger partial charge in [-0.15, -0.1) is 24.0 Å². The molecule has 0 aliphatic heterocycles. The van der Waals surface area contributed by atoms with Crippen molar-refractivity contribution in [2.45, 2.75) is 39.0 Å². The van der Waals surface area contributed by atoms with Crippen LogP contribution in [-0.4, -0.2) is 31.7 Å². The molecule has 2 N–H and O–H groups in total. The van der Waals surface area contributed by atoms with Crippen molar-refractivity contribution in [1.82, 2.24) is 10.3 Å². The van der Waals surface area contributed by atoms with Crippen molar-refractivity contribution in [3.63, 3.8) is 0 Å². The first-order chi connectivity index (χ1) is 11.3. The van der Waals surface area contributed by atoms with E-state index in [1.807, 2.05) is 24.4 Å². The van der Waals surface area contributed by atoms with Gasteiger partial charge in [-0.3, -0.25) is 4.98 Å². The summed E-state index contributed by atoms with van der Waals surface area (Å²) < 4.78 is 5.38. The maximum atomic E-state index is 5.38. The molecule has 1 aromatic heterocycles. The van der Waals surface area contributed by atoms with E-state index in [2.05, 4.69) is 28.6 Å². The predicted molar refractivity (Wildman–Crippen MR) is 114 cm³/mol. The van der Waals surface area contributed by atoms with Gasteiger partial charge in [0.15, 0.2) is 0 Å². The number of halogens is 1. The molecule has 0 atom stereocenters. The quantitative estimate of drug-likeness (QED) is 0.386. The van der Waals surface area contributed by atoms with Gasteiger partial charge < -0.3 is 15.4 Å². The van der Waals surface area contributed by atoms with Crippen LogP contribution in [0.5, 0.6) is 5.75 Å². The van der Waals surface area contributed by atoms with Crippen molar-refractivity contribution < 1.29 is 4.74 Å². The zero-order chi connectivity index (χ0) is 16.3. The van der Waals surface area contributed by atoms with E-state index in [9.17, 15) is 0 Å². The summed E-state index contributed by atoms with van der Waals surface area (Å²) >= 11 is 0. The fraction of sp³-hybridized carbons (Fsp3) is 0.526. The number of hydrogen-bond donors (Lipinski definition) is 2. The summed E-state index contributed by atoms with van der Waals surface area (Å²) in [4.78, 5) is 4.49. The highest BCUT2D eigenvalue weighted by atomic mass is 127. The number of rotatable bonds is 11. The van der Waals surface area contributed by atoms with Crippen LogP contribution in [0, 0.1) is 0 Å². The van der Waals surface area contributed by atoms with E-state index >= 15 is 0 Å². The molecule has 0 saturated heterocycles. The van der Waals surface area contributed by atoms with E-state index in [0.717, 1.165) is 42.0 Å². The van der Waals surface area contributed by atoms with Crippen molar-refractivity contribution in [1.29, 1.82) is 0 Å². The number of ether oxygens (including phenoxy) is 1. The lowest BCUT2D eigenvalue weighted by Gasteiger charge is -2.11. The van der Waals surface area contributed by atoms with Crippen molar-refractivity contribution in [3.05, 3.63) is 30.5 Å². The van der Waals surface area contributed by atoms with Gasteiger partial charge in [-0.05, 0) is 44.5 Å². The third kappa shape index (κ3) is 6.81. The highest BCUT2D eigenvalue weighted by Gasteiger charge is 2.05. The van der Waals surface area contributed by atoms with E-state index < -0.39 is 0 Å². The second-order valence-corrected chi connectivity index (χ2v) is 5.84. The minimum absolute atomic E-state index is 0. The third-order valence-electron chi connectivity index (χ3n) is 3.94. The fourth-order valence-corrected chi connectivity index (χ4v) is 2.67. The summed E-state index contributed by atoms with van der Waals surface area (Å²) in [6.07, 6.45) is 8.05. The van der Waals surface area contributed by atoms with Crippen LogP contribution in [0.15, 0.2) is 30.5 Å². The topological polar surface area (TPSA) is 46.2 Å². The summed E-state index contributed by atoms with van der Waals surface area (Å²) in [5.74, 6) is 0.870. The fourth-order valence-electron chi connectivity index (χ4n) is 2.67. The number of methoxy groups -OCH3 is 1. The average molecular weight is 443 g/mol. The molecule has 134 valence electrons. The largest absolute Gasteiger partial charge is 0.497 e. The Balaban J connectivity index is 0.00000288. The molecule has 0 bridgehead atoms. The molecule has 24 heavy (non-hydrogen) atoms. The summed E-state index contributed by atoms with van der Waals surface area (Å²) in [7, 11) is 1.70. The van der Waals surface area contributed by atoms with Crippen molar-refractivity contribution in [2.75, 3.05) is 32.1 Å². The first-order valence-electron chi connectivity index (χ1n) is 8.72. The predicted octanol–water partition coefficient (Wildman–Crippen LogP) is 4.83. The molecule has 4 nitrogen and oxygen atoms in total. The van der Waals surface area contributed by atoms with Gasteiger partial charge in [0, 0.05) is 24.2 Å². The second kappa shape index (κ2) is 12.3. The Morgan fingerprint density at radius 2 is 1.83 bits per heavy atom. The van der Waals surface area contributed by atoms with E-state index in [4.69, 9.17) is 4.74 Å². The molecular weight excluding hydrogens is 413 g/mol. The molecule has 5 heteroatoms. The zero-order valence-electron chi connectivity index (χ0n) is 14.8. The van der Waals surface area contributed by atoms with Crippen LogP contribution in [-0.2, 0) is 0 Å². The van der Waals surface area contributed by atoms with Gasteiger partial charge in [0.05, 0.1) is 18.3 Å². The van der Waals surface area contributed by atoms with Gasteiger partial charge in [-0.25, -0.2) is 0 Å². The zero-order valence-corrected chi connectivity index (χ0v) is 17.1. The number of anilines is 1. The Labute approximate surface area is 162 Å². The van der Waals surface area contributed by atoms with Crippen LogP contribution in [0.3, 0.4) is 0 Å². The van der Waals surface area contributed by atoms with Crippen LogP contribution in [0.4, 0.5) is 5.69 Å². The van der Waals surface area contributed by atoms with E-state index in [-0.39, 0.29) is 24.0 Å². The highest BCUT2D eigenvalue weighted by molar-refractivity contribution is 14.0. The summed E-state index contributed by atoms with van der Waals surface area (Å²) in [5.41, 5.74) is 2.07. The monoisotopic (exact) mass is 443 g/mol. The third-order valence-corrected chi connectivity index (χ3v) is 3.94. The molecule has 1 heterocycles. The standard InChI is InChI=1S/C19H29N3O.HI/c1-3-10-20-11-6-4-5-7-12-21-18-15-17(23-2)14-16-9-8-13-22-19(16)18;/h8-9,13-15,20-21H,3-7,10-12H2,1-2H3;1H. The van der Waals surface area contributed by atoms with Crippen LogP contribution in [0.2, 0.25) is 0 Å². The number of hydrogen-bond acceptors (Lipinski definition) is 4. The Bertz CT molecular complexity index is 592. The van der Waals surface area contributed by atoms with E-state index in [1.54, 1.807) is 7.11 Å². The first-order valence-corrected chi connectivity index (χ1v) is 8.72. The minimum Gasteiger partial charge on any atom is -0.497 e. The summed E-state index contributed by atoms with van der Waals surface area (Å²) in [6, 6.07) is 8.08. The normalized spacial score (nSPS) is 10.4. The number of unbranched alkanes of at least 4 members (excludes halogenated alkanes) is 3. The molecular formula is C19H30IN3O. The number of nitrogens with zero attached hydrogens (tertiary/aromatic N) is 1. The lowest BCUT2D eigenvalue weighted by molar-refractivity contribution is 0.415. The molecule has 1 aromatic carbocycles. The lowest BCUT2D eigenvalue weighted by Crippen LogP contribution is -2.15. The van der Waals surface area contributed by atoms with Gasteiger partial charge in [-0.2, -0.15) is 0 Å². The Hall–Kier alpha value is -1.08. The smallest absolute Gasteiger partial charge is 0.121 e. The molecule has 0 aliphatic rings. The molecule has 0 radical (unpaired) electrons. The first kappa shape index (κ1) is 21.0. The maximum Gasteiger partial charge on any atom is 0.121 e. The average Bonchev–Trinajstić information content (AvgIpc) is 2.60. The molecule has 0 unspecified atom stereocenters. The Morgan fingerprint density at radius 3 is 2.58 bits per heavy atom. The summed E-state index contributed by atoms with van der Waals surface area (Å²) in [5, 5.41) is 8.07. The van der Waals surface area contributed by atoms with Gasteiger partial charge in [0.25, 0.3) is 0 Å². The number of nitrogens with one attached hydrogen (secondary N) is 2. The van der Waals surface area contributed by atoms with Gasteiger partial charge in [-0.1, -0.05) is 25.8 Å². The molecule has 2 rings (SSSR count).